The first-order chi connectivity index (χ1) is 58.6. The Morgan fingerprint density at radius 2 is 0.613 bits per heavy atom. The number of hydrogen-bond donors (Lipinski definition) is 9. The van der Waals surface area contributed by atoms with Crippen LogP contribution in [0.5, 0.6) is 23.0 Å². The molecule has 0 atom stereocenters. The van der Waals surface area contributed by atoms with Crippen LogP contribution in [0, 0.1) is 41.5 Å². The number of hydrogen-bond acceptors (Lipinski definition) is 19. The van der Waals surface area contributed by atoms with E-state index in [1.807, 2.05) is 131 Å². The molecule has 0 radical (unpaired) electrons. The van der Waals surface area contributed by atoms with Gasteiger partial charge in [0.2, 0.25) is 60.1 Å². The molecule has 0 bridgehead atoms. The first-order valence-corrected chi connectivity index (χ1v) is 49.7. The zero-order chi connectivity index (χ0) is 90.1. The lowest BCUT2D eigenvalue weighted by atomic mass is 10.1. The first-order valence-electron chi connectivity index (χ1n) is 38.4. The predicted octanol–water partition coefficient (Wildman–Crippen LogP) is 14.8. The molecule has 660 valence electrons. The molecule has 28 nitrogen and oxygen atoms in total. The summed E-state index contributed by atoms with van der Waals surface area (Å²) in [7, 11) is -23.0. The van der Waals surface area contributed by atoms with Crippen LogP contribution in [0.1, 0.15) is 101 Å². The van der Waals surface area contributed by atoms with Gasteiger partial charge in [-0.1, -0.05) is 131 Å². The van der Waals surface area contributed by atoms with Gasteiger partial charge < -0.3 is 33.9 Å². The molecule has 124 heavy (non-hydrogen) atoms. The number of nitrogens with one attached hydrogen (secondary N) is 9. The summed E-state index contributed by atoms with van der Waals surface area (Å²) in [6.45, 7) is 11.2. The van der Waals surface area contributed by atoms with Crippen molar-refractivity contribution in [3.8, 4) is 23.0 Å². The van der Waals surface area contributed by atoms with Crippen LogP contribution in [0.2, 0.25) is 25.1 Å². The molecule has 0 fully saturated rings. The summed E-state index contributed by atoms with van der Waals surface area (Å²) < 4.78 is 186. The number of fused-ring (bicyclic) bond motifs is 3. The van der Waals surface area contributed by atoms with E-state index in [1.54, 1.807) is 42.5 Å². The molecule has 3 heterocycles. The summed E-state index contributed by atoms with van der Waals surface area (Å²) in [5.74, 6) is -1.87. The summed E-state index contributed by atoms with van der Waals surface area (Å²) in [6, 6.07) is 50.0. The van der Waals surface area contributed by atoms with Gasteiger partial charge in [-0.15, -0.1) is 0 Å². The van der Waals surface area contributed by atoms with Gasteiger partial charge in [-0.2, -0.15) is 0 Å². The van der Waals surface area contributed by atoms with E-state index < -0.39 is 115 Å². The molecule has 0 aliphatic heterocycles. The maximum absolute atomic E-state index is 13.1. The highest BCUT2D eigenvalue weighted by Gasteiger charge is 2.28. The van der Waals surface area contributed by atoms with Gasteiger partial charge in [0.1, 0.15) is 40.1 Å². The van der Waals surface area contributed by atoms with E-state index in [2.05, 4.69) is 38.6 Å². The zero-order valence-corrected chi connectivity index (χ0v) is 76.7. The Kier molecular flexibility index (Phi) is 33.0. The van der Waals surface area contributed by atoms with Crippen LogP contribution >= 0.6 is 58.0 Å². The molecule has 3 amide bonds. The second-order valence-electron chi connectivity index (χ2n) is 28.5. The quantitative estimate of drug-likeness (QED) is 0.0163. The topological polar surface area (TPSA) is 413 Å². The Balaban J connectivity index is 0.000000195. The molecule has 9 N–H and O–H groups in total. The molecule has 0 aliphatic carbocycles. The number of carbonyl (C=O) groups excluding carboxylic acids is 3. The fraction of sp³-hybridized carbons (Fsp3) is 0.259. The highest BCUT2D eigenvalue weighted by Crippen LogP contribution is 2.33. The van der Waals surface area contributed by atoms with Crippen LogP contribution in [0.25, 0.3) is 32.7 Å². The third kappa shape index (κ3) is 26.2. The smallest absolute Gasteiger partial charge is 0.281 e. The minimum absolute atomic E-state index is 0.0180. The Bertz CT molecular complexity index is 6590. The van der Waals surface area contributed by atoms with Gasteiger partial charge in [0.25, 0.3) is 17.7 Å². The van der Waals surface area contributed by atoms with Crippen molar-refractivity contribution in [1.82, 2.24) is 43.3 Å². The van der Waals surface area contributed by atoms with Gasteiger partial charge in [0.05, 0.1) is 68.9 Å². The van der Waals surface area contributed by atoms with Gasteiger partial charge in [0, 0.05) is 67.4 Å². The number of aromatic nitrogens is 3. The van der Waals surface area contributed by atoms with E-state index in [4.69, 9.17) is 77.0 Å². The summed E-state index contributed by atoms with van der Waals surface area (Å²) in [5, 5.41) is 4.69. The van der Waals surface area contributed by atoms with Gasteiger partial charge in [-0.3, -0.25) is 14.4 Å². The molecule has 39 heteroatoms. The number of amides is 3. The number of halogens is 5. The maximum atomic E-state index is 13.1. The zero-order valence-electron chi connectivity index (χ0n) is 68.0. The third-order valence-electron chi connectivity index (χ3n) is 19.2. The van der Waals surface area contributed by atoms with Crippen molar-refractivity contribution in [2.75, 3.05) is 63.8 Å². The van der Waals surface area contributed by atoms with E-state index in [0.717, 1.165) is 55.6 Å². The van der Waals surface area contributed by atoms with Gasteiger partial charge in [-0.25, -0.2) is 78.8 Å². The molecule has 12 aromatic rings. The fourth-order valence-corrected chi connectivity index (χ4v) is 19.9. The Morgan fingerprint density at radius 1 is 0.331 bits per heavy atom. The number of carbonyl (C=O) groups is 3. The highest BCUT2D eigenvalue weighted by molar-refractivity contribution is 7.91. The number of methoxy groups -OCH3 is 1. The first kappa shape index (κ1) is 96.5. The number of para-hydroxylation sites is 3. The van der Waals surface area contributed by atoms with E-state index in [1.165, 1.54) is 55.6 Å². The number of ether oxygens (including phenoxy) is 4. The van der Waals surface area contributed by atoms with Crippen molar-refractivity contribution < 1.29 is 83.8 Å². The molecule has 0 unspecified atom stereocenters. The minimum Gasteiger partial charge on any atom is -0.497 e. The van der Waals surface area contributed by atoms with E-state index >= 15 is 0 Å². The van der Waals surface area contributed by atoms with Crippen molar-refractivity contribution in [3.63, 3.8) is 0 Å². The molecule has 0 saturated heterocycles. The van der Waals surface area contributed by atoms with Crippen LogP contribution in [-0.4, -0.2) is 147 Å². The number of sulfonamides is 6. The Labute approximate surface area is 745 Å². The second kappa shape index (κ2) is 42.5. The fourth-order valence-electron chi connectivity index (χ4n) is 13.2. The molecule has 9 aromatic carbocycles. The van der Waals surface area contributed by atoms with Crippen molar-refractivity contribution in [2.45, 2.75) is 94.8 Å². The van der Waals surface area contributed by atoms with Gasteiger partial charge >= 0.3 is 0 Å². The molecule has 0 aliphatic rings. The Hall–Kier alpha value is -9.76. The van der Waals surface area contributed by atoms with Crippen molar-refractivity contribution in [1.29, 1.82) is 0 Å². The average molecular weight is 1910 g/mol. The normalized spacial score (nSPS) is 12.0. The van der Waals surface area contributed by atoms with Gasteiger partial charge in [-0.05, 0) is 239 Å². The number of aryl methyl sites for hydroxylation is 9. The van der Waals surface area contributed by atoms with E-state index in [-0.39, 0.29) is 41.8 Å². The van der Waals surface area contributed by atoms with E-state index in [0.29, 0.717) is 130 Å². The molecular weight excluding hydrogens is 1820 g/mol. The standard InChI is InChI=1S/C29H32ClN3O7S2.C28H28Cl3N3O6S2.C28H30ClN3O6S2/c1-19-17-22(18-20(2)27(19)30)40-15-6-8-25-24-7-4-5-9-26(24)32-28(25)29(34)33-41(35,36)16-14-31-42(37,38)23-12-10-21(39-3)11-13-23;1-17-14-19(15-18(2)26(17)31)40-12-5-7-22-21-6-3-4-8-25(21)33-27(22)28(35)34-41(36,37)13-11-32-42(38,39)20-9-10-23(29)24(30)16-20;1-19-17-21(18-20(2)26(19)29)38-15-8-12-24-23-11-6-7-13-25(23)31-27(24)28(33)32-39(34,35)16-14-30-40(36,37)22-9-4-3-5-10-22/h4-5,7,9-13,17-18,31-32H,6,8,14-16H2,1-3H3,(H,33,34);3-4,6,8-10,14-16,32-33H,5,7,11-13H2,1-2H3,(H,34,35);3-7,9-11,13,17-18,30-31H,8,12,14-16H2,1-2H3,(H,32,33). The third-order valence-corrected chi connectivity index (χ3v) is 29.9. The van der Waals surface area contributed by atoms with Crippen LogP contribution in [0.4, 0.5) is 0 Å². The monoisotopic (exact) mass is 1910 g/mol. The van der Waals surface area contributed by atoms with Gasteiger partial charge in [0.15, 0.2) is 0 Å². The summed E-state index contributed by atoms with van der Waals surface area (Å²) >= 11 is 30.4. The number of H-pyrrole nitrogens is 3. The number of rotatable bonds is 37. The van der Waals surface area contributed by atoms with Crippen LogP contribution in [0.15, 0.2) is 197 Å². The lowest BCUT2D eigenvalue weighted by molar-refractivity contribution is 0.0967. The van der Waals surface area contributed by atoms with Crippen molar-refractivity contribution in [3.05, 3.63) is 274 Å². The van der Waals surface area contributed by atoms with Crippen LogP contribution in [-0.2, 0) is 79.4 Å². The summed E-state index contributed by atoms with van der Waals surface area (Å²) in [5.41, 5.74) is 9.87. The number of benzene rings is 9. The molecule has 3 aromatic heterocycles. The maximum Gasteiger partial charge on any atom is 0.281 e. The van der Waals surface area contributed by atoms with Crippen LogP contribution < -0.4 is 47.3 Å². The highest BCUT2D eigenvalue weighted by atomic mass is 35.5. The largest absolute Gasteiger partial charge is 0.497 e. The molecule has 0 saturated carbocycles. The number of aromatic amines is 3. The summed E-state index contributed by atoms with van der Waals surface area (Å²) in [4.78, 5) is 48.2. The van der Waals surface area contributed by atoms with Crippen LogP contribution in [0.3, 0.4) is 0 Å². The van der Waals surface area contributed by atoms with Crippen molar-refractivity contribution in [2.24, 2.45) is 0 Å². The second-order valence-corrected chi connectivity index (χ2v) is 41.3. The lowest BCUT2D eigenvalue weighted by Gasteiger charge is -2.11. The predicted molar refractivity (Wildman–Crippen MR) is 484 cm³/mol. The molecular formula is C85H90Cl5N9O19S6. The minimum atomic E-state index is -4.20. The average Bonchev–Trinajstić information content (AvgIpc) is 1.64. The summed E-state index contributed by atoms with van der Waals surface area (Å²) in [6.07, 6.45) is 3.00. The Morgan fingerprint density at radius 3 is 0.919 bits per heavy atom. The lowest BCUT2D eigenvalue weighted by Crippen LogP contribution is -2.37. The van der Waals surface area contributed by atoms with E-state index in [9.17, 15) is 64.9 Å². The SMILES string of the molecule is COc1ccc(S(=O)(=O)NCCS(=O)(=O)NC(=O)c2[nH]c3ccccc3c2CCCOc2cc(C)c(Cl)c(C)c2)cc1.Cc1cc(OCCCc2c(C(=O)NS(=O)(=O)CCNS(=O)(=O)c3ccc(Cl)c(Cl)c3)[nH]c3ccccc23)cc(C)c1Cl.Cc1cc(OCCCc2c(C(=O)NS(=O)(=O)CCNS(=O)(=O)c3ccccc3)[nH]c3ccccc23)cc(C)c1Cl. The van der Waals surface area contributed by atoms with Crippen molar-refractivity contribution >= 4 is 169 Å². The molecule has 0 spiro atoms. The molecule has 12 rings (SSSR count).